The third-order valence-electron chi connectivity index (χ3n) is 1.73. The number of rotatable bonds is 2. The van der Waals surface area contributed by atoms with Gasteiger partial charge >= 0.3 is 0 Å². The van der Waals surface area contributed by atoms with E-state index in [1.807, 2.05) is 13.0 Å². The standard InChI is InChI=1S/C10H17N/c1-8(2)9(3)6-7-10(4)11-5/h7-8H,1-5H3. The molecule has 0 aliphatic carbocycles. The highest BCUT2D eigenvalue weighted by Crippen LogP contribution is 2.04. The molecule has 1 nitrogen and oxygen atoms in total. The summed E-state index contributed by atoms with van der Waals surface area (Å²) in [4.78, 5) is 4.01. The zero-order valence-corrected chi connectivity index (χ0v) is 8.10. The lowest BCUT2D eigenvalue weighted by Gasteiger charge is -1.98. The highest BCUT2D eigenvalue weighted by Gasteiger charge is 1.92. The summed E-state index contributed by atoms with van der Waals surface area (Å²) >= 11 is 0. The molecule has 0 unspecified atom stereocenters. The van der Waals surface area contributed by atoms with E-state index in [2.05, 4.69) is 31.5 Å². The maximum absolute atomic E-state index is 4.01. The van der Waals surface area contributed by atoms with E-state index in [0.717, 1.165) is 5.71 Å². The van der Waals surface area contributed by atoms with Gasteiger partial charge in [-0.15, -0.1) is 5.73 Å². The van der Waals surface area contributed by atoms with Crippen molar-refractivity contribution in [2.45, 2.75) is 27.7 Å². The van der Waals surface area contributed by atoms with E-state index < -0.39 is 0 Å². The molecule has 0 radical (unpaired) electrons. The molecule has 0 aliphatic heterocycles. The SMILES string of the molecule is CN=C(C)C=C=C(C)C(C)C. The van der Waals surface area contributed by atoms with Crippen molar-refractivity contribution in [1.82, 2.24) is 0 Å². The Balaban J connectivity index is 4.41. The topological polar surface area (TPSA) is 12.4 Å². The zero-order valence-electron chi connectivity index (χ0n) is 8.10. The fourth-order valence-corrected chi connectivity index (χ4v) is 0.449. The fourth-order valence-electron chi connectivity index (χ4n) is 0.449. The van der Waals surface area contributed by atoms with Crippen molar-refractivity contribution in [3.05, 3.63) is 17.4 Å². The first-order valence-electron chi connectivity index (χ1n) is 3.94. The van der Waals surface area contributed by atoms with Crippen LogP contribution in [0.15, 0.2) is 22.4 Å². The van der Waals surface area contributed by atoms with Crippen LogP contribution in [0.4, 0.5) is 0 Å². The van der Waals surface area contributed by atoms with Crippen LogP contribution in [0.3, 0.4) is 0 Å². The van der Waals surface area contributed by atoms with Gasteiger partial charge in [-0.3, -0.25) is 4.99 Å². The average molecular weight is 151 g/mol. The Labute approximate surface area is 69.5 Å². The number of hydrogen-bond acceptors (Lipinski definition) is 1. The van der Waals surface area contributed by atoms with Gasteiger partial charge in [0.15, 0.2) is 0 Å². The van der Waals surface area contributed by atoms with Crippen LogP contribution in [0.5, 0.6) is 0 Å². The minimum Gasteiger partial charge on any atom is -0.293 e. The Bertz CT molecular complexity index is 203. The Hall–Kier alpha value is -0.810. The molecule has 0 saturated carbocycles. The Morgan fingerprint density at radius 2 is 1.91 bits per heavy atom. The van der Waals surface area contributed by atoms with Crippen molar-refractivity contribution in [2.24, 2.45) is 10.9 Å². The van der Waals surface area contributed by atoms with Gasteiger partial charge in [-0.2, -0.15) is 0 Å². The lowest BCUT2D eigenvalue weighted by molar-refractivity contribution is 0.771. The predicted octanol–water partition coefficient (Wildman–Crippen LogP) is 2.83. The van der Waals surface area contributed by atoms with Crippen LogP contribution in [0.2, 0.25) is 0 Å². The van der Waals surface area contributed by atoms with Gasteiger partial charge < -0.3 is 0 Å². The summed E-state index contributed by atoms with van der Waals surface area (Å²) in [6, 6.07) is 0. The molecule has 0 aliphatic rings. The van der Waals surface area contributed by atoms with Gasteiger partial charge in [0.05, 0.1) is 0 Å². The molecular weight excluding hydrogens is 134 g/mol. The molecule has 0 fully saturated rings. The van der Waals surface area contributed by atoms with E-state index in [-0.39, 0.29) is 0 Å². The Kier molecular flexibility index (Phi) is 4.56. The van der Waals surface area contributed by atoms with Crippen LogP contribution in [0.1, 0.15) is 27.7 Å². The summed E-state index contributed by atoms with van der Waals surface area (Å²) in [6.07, 6.45) is 1.93. The molecule has 0 aromatic rings. The van der Waals surface area contributed by atoms with Crippen molar-refractivity contribution in [3.8, 4) is 0 Å². The summed E-state index contributed by atoms with van der Waals surface area (Å²) in [7, 11) is 1.79. The normalized spacial score (nSPS) is 11.3. The predicted molar refractivity (Wildman–Crippen MR) is 51.1 cm³/mol. The summed E-state index contributed by atoms with van der Waals surface area (Å²) in [5.74, 6) is 0.580. The van der Waals surface area contributed by atoms with Crippen molar-refractivity contribution < 1.29 is 0 Å². The molecule has 0 atom stereocenters. The van der Waals surface area contributed by atoms with E-state index in [1.165, 1.54) is 5.57 Å². The molecule has 62 valence electrons. The van der Waals surface area contributed by atoms with Crippen LogP contribution in [-0.2, 0) is 0 Å². The third-order valence-corrected chi connectivity index (χ3v) is 1.73. The van der Waals surface area contributed by atoms with Crippen LogP contribution < -0.4 is 0 Å². The van der Waals surface area contributed by atoms with Gasteiger partial charge in [-0.25, -0.2) is 0 Å². The molecule has 0 amide bonds. The number of hydrogen-bond donors (Lipinski definition) is 0. The number of aliphatic imine (C=N–C) groups is 1. The highest BCUT2D eigenvalue weighted by atomic mass is 14.7. The van der Waals surface area contributed by atoms with Crippen LogP contribution >= 0.6 is 0 Å². The summed E-state index contributed by atoms with van der Waals surface area (Å²) in [5.41, 5.74) is 5.48. The van der Waals surface area contributed by atoms with Crippen molar-refractivity contribution >= 4 is 5.71 Å². The fraction of sp³-hybridized carbons (Fsp3) is 0.600. The molecule has 0 rings (SSSR count). The highest BCUT2D eigenvalue weighted by molar-refractivity contribution is 5.92. The number of nitrogens with zero attached hydrogens (tertiary/aromatic N) is 1. The summed E-state index contributed by atoms with van der Waals surface area (Å²) in [5, 5.41) is 0. The summed E-state index contributed by atoms with van der Waals surface area (Å²) in [6.45, 7) is 8.38. The van der Waals surface area contributed by atoms with E-state index in [1.54, 1.807) is 7.05 Å². The number of allylic oxidation sites excluding steroid dienone is 1. The third kappa shape index (κ3) is 4.58. The van der Waals surface area contributed by atoms with Gasteiger partial charge in [0, 0.05) is 18.8 Å². The van der Waals surface area contributed by atoms with E-state index in [0.29, 0.717) is 5.92 Å². The molecule has 0 aromatic heterocycles. The molecule has 0 bridgehead atoms. The second kappa shape index (κ2) is 4.92. The Morgan fingerprint density at radius 1 is 1.36 bits per heavy atom. The molecule has 1 heteroatoms. The first-order chi connectivity index (χ1) is 5.07. The van der Waals surface area contributed by atoms with Gasteiger partial charge in [0.1, 0.15) is 0 Å². The van der Waals surface area contributed by atoms with Gasteiger partial charge in [-0.05, 0) is 25.3 Å². The van der Waals surface area contributed by atoms with E-state index in [9.17, 15) is 0 Å². The monoisotopic (exact) mass is 151 g/mol. The average Bonchev–Trinajstić information content (AvgIpc) is 1.99. The lowest BCUT2D eigenvalue weighted by atomic mass is 10.1. The van der Waals surface area contributed by atoms with Gasteiger partial charge in [0.25, 0.3) is 0 Å². The minimum atomic E-state index is 0.580. The molecule has 11 heavy (non-hydrogen) atoms. The van der Waals surface area contributed by atoms with Crippen LogP contribution in [0.25, 0.3) is 0 Å². The smallest absolute Gasteiger partial charge is 0.0390 e. The van der Waals surface area contributed by atoms with Gasteiger partial charge in [0.2, 0.25) is 0 Å². The van der Waals surface area contributed by atoms with E-state index >= 15 is 0 Å². The van der Waals surface area contributed by atoms with Gasteiger partial charge in [-0.1, -0.05) is 13.8 Å². The largest absolute Gasteiger partial charge is 0.293 e. The van der Waals surface area contributed by atoms with Crippen molar-refractivity contribution in [1.29, 1.82) is 0 Å². The molecule has 0 heterocycles. The quantitative estimate of drug-likeness (QED) is 0.425. The zero-order chi connectivity index (χ0) is 8.85. The molecular formula is C10H17N. The molecule has 0 spiro atoms. The maximum atomic E-state index is 4.01. The second-order valence-corrected chi connectivity index (χ2v) is 2.99. The molecule has 0 saturated heterocycles. The second-order valence-electron chi connectivity index (χ2n) is 2.99. The van der Waals surface area contributed by atoms with Crippen LogP contribution in [0, 0.1) is 5.92 Å². The summed E-state index contributed by atoms with van der Waals surface area (Å²) < 4.78 is 0. The first kappa shape index (κ1) is 10.2. The molecule has 0 aromatic carbocycles. The van der Waals surface area contributed by atoms with E-state index in [4.69, 9.17) is 0 Å². The van der Waals surface area contributed by atoms with Crippen molar-refractivity contribution in [3.63, 3.8) is 0 Å². The first-order valence-corrected chi connectivity index (χ1v) is 3.94. The minimum absolute atomic E-state index is 0.580. The van der Waals surface area contributed by atoms with Crippen molar-refractivity contribution in [2.75, 3.05) is 7.05 Å². The van der Waals surface area contributed by atoms with Crippen LogP contribution in [-0.4, -0.2) is 12.8 Å². The maximum Gasteiger partial charge on any atom is 0.0390 e. The Morgan fingerprint density at radius 3 is 2.27 bits per heavy atom. The molecule has 0 N–H and O–H groups in total. The lowest BCUT2D eigenvalue weighted by Crippen LogP contribution is -1.87.